The van der Waals surface area contributed by atoms with Crippen LogP contribution < -0.4 is 5.73 Å². The molecule has 5 heteroatoms. The molecule has 0 saturated carbocycles. The molecule has 0 heterocycles. The molecule has 0 bridgehead atoms. The number of anilines is 1. The maximum atomic E-state index is 10.8. The molecule has 0 amide bonds. The van der Waals surface area contributed by atoms with E-state index in [0.717, 1.165) is 23.7 Å². The van der Waals surface area contributed by atoms with Crippen LogP contribution in [-0.2, 0) is 11.2 Å². The number of carbonyl (C=O) groups excluding carboxylic acids is 1. The van der Waals surface area contributed by atoms with E-state index < -0.39 is 12.2 Å². The molecule has 0 aliphatic heterocycles. The SMILES string of the molecule is CCc1cc(C(O)C(O)CSC(C)=O)ccc1N. The van der Waals surface area contributed by atoms with Crippen molar-refractivity contribution in [2.75, 3.05) is 11.5 Å². The van der Waals surface area contributed by atoms with Gasteiger partial charge in [0.05, 0.1) is 6.10 Å². The Morgan fingerprint density at radius 2 is 2.11 bits per heavy atom. The van der Waals surface area contributed by atoms with Gasteiger partial charge in [-0.05, 0) is 23.6 Å². The van der Waals surface area contributed by atoms with Crippen molar-refractivity contribution in [1.29, 1.82) is 0 Å². The van der Waals surface area contributed by atoms with Gasteiger partial charge < -0.3 is 15.9 Å². The van der Waals surface area contributed by atoms with Gasteiger partial charge >= 0.3 is 0 Å². The first-order chi connectivity index (χ1) is 8.45. The molecule has 1 aromatic rings. The van der Waals surface area contributed by atoms with Gasteiger partial charge in [-0.15, -0.1) is 0 Å². The van der Waals surface area contributed by atoms with Crippen molar-refractivity contribution in [3.63, 3.8) is 0 Å². The number of nitrogen functional groups attached to an aromatic ring is 1. The lowest BCUT2D eigenvalue weighted by molar-refractivity contribution is -0.109. The van der Waals surface area contributed by atoms with E-state index in [9.17, 15) is 15.0 Å². The Morgan fingerprint density at radius 1 is 1.44 bits per heavy atom. The minimum absolute atomic E-state index is 0.0761. The van der Waals surface area contributed by atoms with Gasteiger partial charge in [-0.1, -0.05) is 30.8 Å². The zero-order valence-electron chi connectivity index (χ0n) is 10.6. The van der Waals surface area contributed by atoms with Crippen molar-refractivity contribution >= 4 is 22.6 Å². The largest absolute Gasteiger partial charge is 0.399 e. The fourth-order valence-electron chi connectivity index (χ4n) is 1.63. The lowest BCUT2D eigenvalue weighted by Gasteiger charge is -2.18. The summed E-state index contributed by atoms with van der Waals surface area (Å²) in [5.41, 5.74) is 8.03. The summed E-state index contributed by atoms with van der Waals surface area (Å²) < 4.78 is 0. The number of aryl methyl sites for hydroxylation is 1. The van der Waals surface area contributed by atoms with Gasteiger partial charge in [0.25, 0.3) is 0 Å². The number of aliphatic hydroxyl groups excluding tert-OH is 2. The summed E-state index contributed by atoms with van der Waals surface area (Å²) in [6.07, 6.45) is -1.19. The maximum absolute atomic E-state index is 10.8. The van der Waals surface area contributed by atoms with E-state index in [1.165, 1.54) is 6.92 Å². The van der Waals surface area contributed by atoms with Crippen LogP contribution in [0, 0.1) is 0 Å². The fourth-order valence-corrected chi connectivity index (χ4v) is 2.22. The fraction of sp³-hybridized carbons (Fsp3) is 0.462. The number of carbonyl (C=O) groups is 1. The van der Waals surface area contributed by atoms with Gasteiger partial charge in [-0.2, -0.15) is 0 Å². The van der Waals surface area contributed by atoms with Crippen molar-refractivity contribution in [3.05, 3.63) is 29.3 Å². The third kappa shape index (κ3) is 4.01. The highest BCUT2D eigenvalue weighted by Crippen LogP contribution is 2.24. The predicted molar refractivity (Wildman–Crippen MR) is 74.3 cm³/mol. The third-order valence-corrected chi connectivity index (χ3v) is 3.63. The second kappa shape index (κ2) is 6.78. The van der Waals surface area contributed by atoms with E-state index in [4.69, 9.17) is 5.73 Å². The van der Waals surface area contributed by atoms with Crippen LogP contribution in [-0.4, -0.2) is 27.2 Å². The summed E-state index contributed by atoms with van der Waals surface area (Å²) in [4.78, 5) is 10.8. The molecule has 2 atom stereocenters. The Morgan fingerprint density at radius 3 is 2.67 bits per heavy atom. The smallest absolute Gasteiger partial charge is 0.185 e. The topological polar surface area (TPSA) is 83.5 Å². The molecule has 1 rings (SSSR count). The summed E-state index contributed by atoms with van der Waals surface area (Å²) in [5.74, 6) is 0.183. The summed E-state index contributed by atoms with van der Waals surface area (Å²) in [6.45, 7) is 3.41. The molecule has 0 fully saturated rings. The van der Waals surface area contributed by atoms with Gasteiger partial charge in [0, 0.05) is 18.4 Å². The van der Waals surface area contributed by atoms with Crippen molar-refractivity contribution in [2.45, 2.75) is 32.5 Å². The van der Waals surface area contributed by atoms with Crippen LogP contribution >= 0.6 is 11.8 Å². The van der Waals surface area contributed by atoms with Crippen LogP contribution in [0.4, 0.5) is 5.69 Å². The van der Waals surface area contributed by atoms with Gasteiger partial charge in [-0.3, -0.25) is 4.79 Å². The Kier molecular flexibility index (Phi) is 5.65. The van der Waals surface area contributed by atoms with Gasteiger partial charge in [0.15, 0.2) is 5.12 Å². The van der Waals surface area contributed by atoms with E-state index in [1.54, 1.807) is 18.2 Å². The normalized spacial score (nSPS) is 14.2. The molecule has 4 N–H and O–H groups in total. The molecular formula is C13H19NO3S. The van der Waals surface area contributed by atoms with Crippen LogP contribution in [0.25, 0.3) is 0 Å². The molecule has 0 spiro atoms. The zero-order valence-corrected chi connectivity index (χ0v) is 11.4. The van der Waals surface area contributed by atoms with Crippen molar-refractivity contribution in [1.82, 2.24) is 0 Å². The molecule has 0 radical (unpaired) electrons. The summed E-state index contributed by atoms with van der Waals surface area (Å²) >= 11 is 1.00. The van der Waals surface area contributed by atoms with Crippen molar-refractivity contribution in [3.8, 4) is 0 Å². The number of benzene rings is 1. The second-order valence-electron chi connectivity index (χ2n) is 4.13. The van der Waals surface area contributed by atoms with Gasteiger partial charge in [-0.25, -0.2) is 0 Å². The monoisotopic (exact) mass is 269 g/mol. The molecule has 18 heavy (non-hydrogen) atoms. The van der Waals surface area contributed by atoms with Crippen LogP contribution in [0.2, 0.25) is 0 Å². The first-order valence-corrected chi connectivity index (χ1v) is 6.82. The molecular weight excluding hydrogens is 250 g/mol. The van der Waals surface area contributed by atoms with Gasteiger partial charge in [0.1, 0.15) is 6.10 Å². The number of hydrogen-bond acceptors (Lipinski definition) is 5. The quantitative estimate of drug-likeness (QED) is 0.706. The minimum atomic E-state index is -0.997. The van der Waals surface area contributed by atoms with Crippen molar-refractivity contribution in [2.24, 2.45) is 0 Å². The number of thioether (sulfide) groups is 1. The Hall–Kier alpha value is -1.04. The molecule has 0 aliphatic rings. The lowest BCUT2D eigenvalue weighted by atomic mass is 10.0. The molecule has 0 saturated heterocycles. The van der Waals surface area contributed by atoms with Crippen molar-refractivity contribution < 1.29 is 15.0 Å². The molecule has 4 nitrogen and oxygen atoms in total. The summed E-state index contributed by atoms with van der Waals surface area (Å²) in [7, 11) is 0. The Balaban J connectivity index is 2.76. The highest BCUT2D eigenvalue weighted by atomic mass is 32.2. The molecule has 100 valence electrons. The van der Waals surface area contributed by atoms with E-state index >= 15 is 0 Å². The standard InChI is InChI=1S/C13H19NO3S/c1-3-9-6-10(4-5-11(9)14)13(17)12(16)7-18-8(2)15/h4-6,12-13,16-17H,3,7,14H2,1-2H3. The first kappa shape index (κ1) is 15.0. The average molecular weight is 269 g/mol. The number of hydrogen-bond donors (Lipinski definition) is 3. The van der Waals surface area contributed by atoms with Crippen LogP contribution in [0.3, 0.4) is 0 Å². The molecule has 1 aromatic carbocycles. The summed E-state index contributed by atoms with van der Waals surface area (Å²) in [5, 5.41) is 19.7. The molecule has 0 aromatic heterocycles. The number of aliphatic hydroxyl groups is 2. The second-order valence-corrected chi connectivity index (χ2v) is 5.32. The zero-order chi connectivity index (χ0) is 13.7. The highest BCUT2D eigenvalue weighted by Gasteiger charge is 2.19. The maximum Gasteiger partial charge on any atom is 0.185 e. The van der Waals surface area contributed by atoms with Gasteiger partial charge in [0.2, 0.25) is 0 Å². The van der Waals surface area contributed by atoms with Crippen LogP contribution in [0.1, 0.15) is 31.1 Å². The van der Waals surface area contributed by atoms with E-state index in [0.29, 0.717) is 11.3 Å². The van der Waals surface area contributed by atoms with Crippen LogP contribution in [0.5, 0.6) is 0 Å². The third-order valence-electron chi connectivity index (χ3n) is 2.71. The van der Waals surface area contributed by atoms with E-state index in [1.807, 2.05) is 6.92 Å². The average Bonchev–Trinajstić information content (AvgIpc) is 2.35. The Bertz CT molecular complexity index is 423. The van der Waals surface area contributed by atoms with E-state index in [2.05, 4.69) is 0 Å². The number of rotatable bonds is 5. The lowest BCUT2D eigenvalue weighted by Crippen LogP contribution is -2.21. The summed E-state index contributed by atoms with van der Waals surface area (Å²) in [6, 6.07) is 5.21. The van der Waals surface area contributed by atoms with Crippen LogP contribution in [0.15, 0.2) is 18.2 Å². The first-order valence-electron chi connectivity index (χ1n) is 5.83. The number of nitrogens with two attached hydrogens (primary N) is 1. The predicted octanol–water partition coefficient (Wildman–Crippen LogP) is 1.51. The molecule has 0 aliphatic carbocycles. The highest BCUT2D eigenvalue weighted by molar-refractivity contribution is 8.13. The van der Waals surface area contributed by atoms with E-state index in [-0.39, 0.29) is 10.9 Å². The minimum Gasteiger partial charge on any atom is -0.399 e. The Labute approximate surface area is 111 Å². The molecule has 2 unspecified atom stereocenters.